The van der Waals surface area contributed by atoms with Gasteiger partial charge in [0.25, 0.3) is 0 Å². The molecule has 2 saturated heterocycles. The largest absolute Gasteiger partial charge is 0.414 e. The van der Waals surface area contributed by atoms with Crippen LogP contribution in [0.5, 0.6) is 0 Å². The second kappa shape index (κ2) is 12.8. The van der Waals surface area contributed by atoms with E-state index in [4.69, 9.17) is 38.5 Å². The molecule has 14 heteroatoms. The van der Waals surface area contributed by atoms with Gasteiger partial charge < -0.3 is 33.4 Å². The van der Waals surface area contributed by atoms with Gasteiger partial charge >= 0.3 is 0 Å². The van der Waals surface area contributed by atoms with Crippen LogP contribution in [0.4, 0.5) is 11.8 Å². The van der Waals surface area contributed by atoms with Gasteiger partial charge in [-0.15, -0.1) is 0 Å². The Hall–Kier alpha value is -1.40. The van der Waals surface area contributed by atoms with E-state index in [1.165, 1.54) is 0 Å². The van der Waals surface area contributed by atoms with E-state index in [2.05, 4.69) is 111 Å². The Morgan fingerprint density at radius 1 is 0.804 bits per heavy atom. The van der Waals surface area contributed by atoms with E-state index in [0.717, 1.165) is 5.82 Å². The van der Waals surface area contributed by atoms with Crippen molar-refractivity contribution in [2.24, 2.45) is 0 Å². The molecule has 0 bridgehead atoms. The predicted molar refractivity (Wildman–Crippen MR) is 194 cm³/mol. The first-order valence-electron chi connectivity index (χ1n) is 16.8. The van der Waals surface area contributed by atoms with Crippen molar-refractivity contribution >= 4 is 47.9 Å². The van der Waals surface area contributed by atoms with Gasteiger partial charge in [0.15, 0.2) is 48.2 Å². The Kier molecular flexibility index (Phi) is 10.4. The average molecular weight is 695 g/mol. The summed E-state index contributed by atoms with van der Waals surface area (Å²) >= 11 is 0. The van der Waals surface area contributed by atoms with Gasteiger partial charge in [-0.05, 0) is 54.4 Å². The molecule has 2 N–H and O–H groups in total. The fraction of sp³-hybridized carbons (Fsp3) is 0.844. The van der Waals surface area contributed by atoms with Gasteiger partial charge in [-0.2, -0.15) is 9.97 Å². The summed E-state index contributed by atoms with van der Waals surface area (Å²) in [5.74, 6) is 0.916. The van der Waals surface area contributed by atoms with Crippen molar-refractivity contribution in [2.45, 2.75) is 141 Å². The first-order valence-corrected chi connectivity index (χ1v) is 25.6. The van der Waals surface area contributed by atoms with Gasteiger partial charge in [-0.25, -0.2) is 4.98 Å². The van der Waals surface area contributed by atoms with Crippen LogP contribution in [0.25, 0.3) is 11.2 Å². The SMILES string of the molecule is CC(C)(C)[Si](C)(C)OC[C@H]1O[C@@H](n2cnc3c(N4CCOCC4)nc(N)nc32)[C@H](O[Si](C)(C)C(C)(C)C)[C@@H]1O[Si](C)(C)C(C)(C)C. The van der Waals surface area contributed by atoms with Gasteiger partial charge in [0.05, 0.1) is 26.1 Å². The van der Waals surface area contributed by atoms with Crippen molar-refractivity contribution in [1.82, 2.24) is 19.5 Å². The Labute approximate surface area is 280 Å². The lowest BCUT2D eigenvalue weighted by Crippen LogP contribution is -2.54. The maximum atomic E-state index is 7.34. The molecule has 2 aliphatic rings. The Balaban J connectivity index is 1.85. The molecule has 0 spiro atoms. The van der Waals surface area contributed by atoms with Crippen molar-refractivity contribution < 1.29 is 22.8 Å². The number of anilines is 2. The summed E-state index contributed by atoms with van der Waals surface area (Å²) in [5.41, 5.74) is 7.67. The fourth-order valence-electron chi connectivity index (χ4n) is 4.97. The van der Waals surface area contributed by atoms with E-state index >= 15 is 0 Å². The van der Waals surface area contributed by atoms with E-state index in [1.54, 1.807) is 6.33 Å². The lowest BCUT2D eigenvalue weighted by atomic mass is 10.1. The van der Waals surface area contributed by atoms with Gasteiger partial charge in [-0.1, -0.05) is 62.3 Å². The summed E-state index contributed by atoms with van der Waals surface area (Å²) in [4.78, 5) is 16.4. The highest BCUT2D eigenvalue weighted by Crippen LogP contribution is 2.47. The molecule has 4 rings (SSSR count). The van der Waals surface area contributed by atoms with Crippen molar-refractivity contribution in [3.05, 3.63) is 6.33 Å². The van der Waals surface area contributed by atoms with Crippen LogP contribution in [0.1, 0.15) is 68.5 Å². The molecule has 0 aliphatic carbocycles. The first kappa shape index (κ1) is 37.4. The molecule has 262 valence electrons. The molecule has 2 fully saturated rings. The fourth-order valence-corrected chi connectivity index (χ4v) is 8.59. The normalized spacial score (nSPS) is 24.3. The highest BCUT2D eigenvalue weighted by molar-refractivity contribution is 6.75. The zero-order chi connectivity index (χ0) is 34.7. The predicted octanol–water partition coefficient (Wildman–Crippen LogP) is 6.95. The molecule has 0 aromatic carbocycles. The molecule has 0 unspecified atom stereocenters. The number of fused-ring (bicyclic) bond motifs is 1. The molecule has 4 heterocycles. The molecule has 46 heavy (non-hydrogen) atoms. The number of nitrogens with zero attached hydrogens (tertiary/aromatic N) is 5. The van der Waals surface area contributed by atoms with Crippen molar-refractivity contribution in [3.8, 4) is 0 Å². The van der Waals surface area contributed by atoms with Crippen molar-refractivity contribution in [2.75, 3.05) is 43.5 Å². The standard InChI is InChI=1S/C32H62N6O5Si3/c1-30(2,3)44(10,11)40-20-22-24(42-45(12,13)31(4,5)6)25(43-46(14,15)32(7,8)9)28(41-22)38-21-34-23-26(35-29(33)36-27(23)38)37-16-18-39-19-17-37/h21-22,24-25,28H,16-20H2,1-15H3,(H2,33,35,36)/t22-,24-,25-,28-/m1/s1. The average Bonchev–Trinajstić information content (AvgIpc) is 3.46. The van der Waals surface area contributed by atoms with Crippen LogP contribution >= 0.6 is 0 Å². The first-order chi connectivity index (χ1) is 20.9. The van der Waals surface area contributed by atoms with Crippen LogP contribution in [-0.4, -0.2) is 95.7 Å². The minimum Gasteiger partial charge on any atom is -0.414 e. The summed E-state index contributed by atoms with van der Waals surface area (Å²) < 4.78 is 36.2. The molecule has 2 aliphatic heterocycles. The molecule has 2 aromatic rings. The van der Waals surface area contributed by atoms with Crippen LogP contribution in [0, 0.1) is 0 Å². The van der Waals surface area contributed by atoms with Gasteiger partial charge in [0.1, 0.15) is 18.3 Å². The van der Waals surface area contributed by atoms with E-state index < -0.39 is 37.3 Å². The molecule has 4 atom stereocenters. The monoisotopic (exact) mass is 694 g/mol. The number of aromatic nitrogens is 4. The molecule has 0 radical (unpaired) electrons. The number of imidazole rings is 1. The number of rotatable bonds is 9. The third-order valence-electron chi connectivity index (χ3n) is 11.2. The summed E-state index contributed by atoms with van der Waals surface area (Å²) in [7, 11) is -6.68. The quantitative estimate of drug-likeness (QED) is 0.276. The van der Waals surface area contributed by atoms with E-state index in [9.17, 15) is 0 Å². The number of morpholine rings is 1. The molecular weight excluding hydrogens is 633 g/mol. The second-order valence-electron chi connectivity index (χ2n) is 17.7. The van der Waals surface area contributed by atoms with Crippen molar-refractivity contribution in [3.63, 3.8) is 0 Å². The zero-order valence-electron chi connectivity index (χ0n) is 31.3. The molecule has 0 saturated carbocycles. The second-order valence-corrected chi connectivity index (χ2v) is 32.0. The van der Waals surface area contributed by atoms with Crippen LogP contribution in [-0.2, 0) is 22.8 Å². The highest BCUT2D eigenvalue weighted by atomic mass is 28.4. The van der Waals surface area contributed by atoms with Crippen LogP contribution < -0.4 is 10.6 Å². The van der Waals surface area contributed by atoms with E-state index in [1.807, 2.05) is 4.57 Å². The third-order valence-corrected chi connectivity index (χ3v) is 24.6. The molecule has 11 nitrogen and oxygen atoms in total. The number of nitrogens with two attached hydrogens (primary N) is 1. The smallest absolute Gasteiger partial charge is 0.224 e. The summed E-state index contributed by atoms with van der Waals surface area (Å²) in [6.45, 7) is 37.2. The summed E-state index contributed by atoms with van der Waals surface area (Å²) in [6.07, 6.45) is 0.145. The molecule has 2 aromatic heterocycles. The summed E-state index contributed by atoms with van der Waals surface area (Å²) in [6, 6.07) is 0. The maximum Gasteiger partial charge on any atom is 0.224 e. The van der Waals surface area contributed by atoms with E-state index in [0.29, 0.717) is 44.1 Å². The number of hydrogen-bond acceptors (Lipinski definition) is 10. The lowest BCUT2D eigenvalue weighted by Gasteiger charge is -2.44. The van der Waals surface area contributed by atoms with Crippen LogP contribution in [0.2, 0.25) is 54.4 Å². The Morgan fingerprint density at radius 2 is 1.33 bits per heavy atom. The summed E-state index contributed by atoms with van der Waals surface area (Å²) in [5, 5.41) is 0.0263. The molecular formula is C32H62N6O5Si3. The maximum absolute atomic E-state index is 7.34. The van der Waals surface area contributed by atoms with Crippen LogP contribution in [0.3, 0.4) is 0 Å². The Bertz CT molecular complexity index is 1360. The number of nitrogen functional groups attached to an aromatic ring is 1. The van der Waals surface area contributed by atoms with Gasteiger partial charge in [-0.3, -0.25) is 4.57 Å². The topological polar surface area (TPSA) is 119 Å². The highest BCUT2D eigenvalue weighted by Gasteiger charge is 2.55. The third kappa shape index (κ3) is 7.58. The van der Waals surface area contributed by atoms with Gasteiger partial charge in [0.2, 0.25) is 5.95 Å². The van der Waals surface area contributed by atoms with E-state index in [-0.39, 0.29) is 33.3 Å². The minimum absolute atomic E-state index is 0.00607. The molecule has 0 amide bonds. The zero-order valence-corrected chi connectivity index (χ0v) is 34.3. The van der Waals surface area contributed by atoms with Crippen LogP contribution in [0.15, 0.2) is 6.33 Å². The van der Waals surface area contributed by atoms with Crippen molar-refractivity contribution in [1.29, 1.82) is 0 Å². The number of ether oxygens (including phenoxy) is 2. The minimum atomic E-state index is -2.31. The van der Waals surface area contributed by atoms with Gasteiger partial charge in [0, 0.05) is 13.1 Å². The number of hydrogen-bond donors (Lipinski definition) is 1. The lowest BCUT2D eigenvalue weighted by molar-refractivity contribution is -0.0470. The Morgan fingerprint density at radius 3 is 1.85 bits per heavy atom.